The van der Waals surface area contributed by atoms with Crippen LogP contribution in [0.25, 0.3) is 0 Å². The molecule has 0 saturated heterocycles. The van der Waals surface area contributed by atoms with Crippen LogP contribution in [-0.2, 0) is 42.2 Å². The van der Waals surface area contributed by atoms with Gasteiger partial charge in [-0.3, -0.25) is 4.99 Å². The first kappa shape index (κ1) is 50.0. The summed E-state index contributed by atoms with van der Waals surface area (Å²) in [5.41, 5.74) is 8.38. The van der Waals surface area contributed by atoms with Crippen molar-refractivity contribution in [3.05, 3.63) is 70.8 Å². The summed E-state index contributed by atoms with van der Waals surface area (Å²) in [7, 11) is 0. The summed E-state index contributed by atoms with van der Waals surface area (Å²) in [6, 6.07) is 13.5. The molecule has 0 aliphatic heterocycles. The van der Waals surface area contributed by atoms with Gasteiger partial charge in [-0.2, -0.15) is 0 Å². The van der Waals surface area contributed by atoms with Gasteiger partial charge in [0.15, 0.2) is 0 Å². The molecule has 0 aliphatic carbocycles. The van der Waals surface area contributed by atoms with Crippen LogP contribution < -0.4 is 0 Å². The molecule has 0 aromatic heterocycles. The molecule has 3 heteroatoms. The first-order valence-electron chi connectivity index (χ1n) is 23.2. The van der Waals surface area contributed by atoms with Gasteiger partial charge in [-0.15, -0.1) is 0 Å². The van der Waals surface area contributed by atoms with Gasteiger partial charge < -0.3 is 0 Å². The van der Waals surface area contributed by atoms with Gasteiger partial charge >= 0.3 is 0 Å². The van der Waals surface area contributed by atoms with Crippen molar-refractivity contribution in [3.8, 4) is 0 Å². The first-order valence-corrected chi connectivity index (χ1v) is 23.2. The molecule has 0 N–H and O–H groups in total. The number of aryl methyl sites for hydroxylation is 4. The maximum absolute atomic E-state index is 5.09. The van der Waals surface area contributed by atoms with Crippen LogP contribution in [0.4, 0.5) is 11.4 Å². The molecule has 0 unspecified atom stereocenters. The standard InChI is InChI=1S/C51H84N2.Ni/c1-6-11-12-13-14-15-16-17-18-19-20-21-22-23-24-25-26-27-28-29-30-31-32-33-34-35-36-37-49(53-51-42-47(9-4)39-48(10-5)43-51)44-52-50-40-45(7-2)38-46(8-3)41-50;/h36-44H,6-35H2,1-5H3;/b37-36+,52-44?,53-49?;. The van der Waals surface area contributed by atoms with Crippen molar-refractivity contribution in [1.82, 2.24) is 0 Å². The summed E-state index contributed by atoms with van der Waals surface area (Å²) in [6.45, 7) is 11.2. The minimum Gasteiger partial charge on any atom is -0.255 e. The predicted molar refractivity (Wildman–Crippen MR) is 240 cm³/mol. The fourth-order valence-electron chi connectivity index (χ4n) is 7.45. The van der Waals surface area contributed by atoms with E-state index >= 15 is 0 Å². The molecule has 0 bridgehead atoms. The summed E-state index contributed by atoms with van der Waals surface area (Å²) < 4.78 is 0. The van der Waals surface area contributed by atoms with Gasteiger partial charge in [0.25, 0.3) is 0 Å². The summed E-state index contributed by atoms with van der Waals surface area (Å²) in [5.74, 6) is 0. The summed E-state index contributed by atoms with van der Waals surface area (Å²) in [5, 5.41) is 0. The normalized spacial score (nSPS) is 12.0. The molecule has 0 amide bonds. The maximum Gasteiger partial charge on any atom is 0.0816 e. The smallest absolute Gasteiger partial charge is 0.0816 e. The van der Waals surface area contributed by atoms with Gasteiger partial charge in [0.2, 0.25) is 0 Å². The first-order chi connectivity index (χ1) is 26.1. The minimum atomic E-state index is 0. The quantitative estimate of drug-likeness (QED) is 0.0384. The van der Waals surface area contributed by atoms with Crippen LogP contribution in [0.2, 0.25) is 0 Å². The van der Waals surface area contributed by atoms with Crippen molar-refractivity contribution < 1.29 is 16.5 Å². The van der Waals surface area contributed by atoms with Crippen molar-refractivity contribution in [2.75, 3.05) is 0 Å². The molecule has 2 rings (SSSR count). The van der Waals surface area contributed by atoms with Crippen molar-refractivity contribution >= 4 is 23.3 Å². The van der Waals surface area contributed by atoms with Crippen molar-refractivity contribution in [3.63, 3.8) is 0 Å². The van der Waals surface area contributed by atoms with Gasteiger partial charge in [0, 0.05) is 16.5 Å². The van der Waals surface area contributed by atoms with E-state index in [0.29, 0.717) is 0 Å². The molecule has 0 atom stereocenters. The number of rotatable bonds is 34. The Kier molecular flexibility index (Phi) is 32.8. The van der Waals surface area contributed by atoms with E-state index < -0.39 is 0 Å². The van der Waals surface area contributed by atoms with Crippen LogP contribution in [-0.4, -0.2) is 11.9 Å². The number of allylic oxidation sites excluding steroid dienone is 2. The molecule has 0 radical (unpaired) electrons. The van der Waals surface area contributed by atoms with Crippen LogP contribution >= 0.6 is 0 Å². The number of aliphatic imine (C=N–C) groups is 2. The molecule has 2 aromatic rings. The van der Waals surface area contributed by atoms with E-state index in [1.54, 1.807) is 0 Å². The van der Waals surface area contributed by atoms with Gasteiger partial charge in [0.05, 0.1) is 23.3 Å². The average molecular weight is 784 g/mol. The molecule has 0 aliphatic rings. The summed E-state index contributed by atoms with van der Waals surface area (Å²) in [4.78, 5) is 10.0. The zero-order valence-electron chi connectivity index (χ0n) is 36.1. The van der Waals surface area contributed by atoms with E-state index in [4.69, 9.17) is 9.98 Å². The van der Waals surface area contributed by atoms with Gasteiger partial charge in [-0.25, -0.2) is 4.99 Å². The van der Waals surface area contributed by atoms with Crippen LogP contribution in [0.15, 0.2) is 58.5 Å². The molecule has 308 valence electrons. The summed E-state index contributed by atoms with van der Waals surface area (Å²) >= 11 is 0. The number of nitrogens with zero attached hydrogens (tertiary/aromatic N) is 2. The third-order valence-corrected chi connectivity index (χ3v) is 11.1. The average Bonchev–Trinajstić information content (AvgIpc) is 3.19. The van der Waals surface area contributed by atoms with E-state index in [0.717, 1.165) is 49.2 Å². The largest absolute Gasteiger partial charge is 0.255 e. The van der Waals surface area contributed by atoms with E-state index in [-0.39, 0.29) is 16.5 Å². The van der Waals surface area contributed by atoms with E-state index in [2.05, 4.69) is 83.2 Å². The molecule has 0 heterocycles. The number of hydrogen-bond donors (Lipinski definition) is 0. The van der Waals surface area contributed by atoms with Crippen LogP contribution in [0.5, 0.6) is 0 Å². The molecular weight excluding hydrogens is 699 g/mol. The van der Waals surface area contributed by atoms with Crippen LogP contribution in [0.1, 0.15) is 224 Å². The molecule has 2 nitrogen and oxygen atoms in total. The van der Waals surface area contributed by atoms with Gasteiger partial charge in [0.1, 0.15) is 0 Å². The van der Waals surface area contributed by atoms with Crippen molar-refractivity contribution in [1.29, 1.82) is 0 Å². The van der Waals surface area contributed by atoms with E-state index in [1.165, 1.54) is 183 Å². The van der Waals surface area contributed by atoms with Crippen LogP contribution in [0, 0.1) is 0 Å². The molecule has 0 fully saturated rings. The second kappa shape index (κ2) is 35.4. The molecule has 0 saturated carbocycles. The zero-order valence-corrected chi connectivity index (χ0v) is 37.1. The Morgan fingerprint density at radius 3 is 1.06 bits per heavy atom. The summed E-state index contributed by atoms with van der Waals surface area (Å²) in [6.07, 6.45) is 47.6. The Morgan fingerprint density at radius 1 is 0.407 bits per heavy atom. The fraction of sp³-hybridized carbons (Fsp3) is 0.686. The number of hydrogen-bond acceptors (Lipinski definition) is 2. The second-order valence-corrected chi connectivity index (χ2v) is 15.9. The Hall–Kier alpha value is -1.99. The monoisotopic (exact) mass is 783 g/mol. The second-order valence-electron chi connectivity index (χ2n) is 15.9. The number of benzene rings is 2. The third kappa shape index (κ3) is 26.0. The predicted octanol–water partition coefficient (Wildman–Crippen LogP) is 17.1. The fourth-order valence-corrected chi connectivity index (χ4v) is 7.45. The SMILES string of the molecule is CCCCCCCCCCCCCCCCCCCCCCCCCCC/C=C/C(C=Nc1cc(CC)cc(CC)c1)=Nc1cc(CC)cc(CC)c1.[Ni]. The van der Waals surface area contributed by atoms with Crippen LogP contribution in [0.3, 0.4) is 0 Å². The van der Waals surface area contributed by atoms with Crippen molar-refractivity contribution in [2.24, 2.45) is 9.98 Å². The zero-order chi connectivity index (χ0) is 38.0. The number of unbranched alkanes of at least 4 members (excludes halogenated alkanes) is 25. The third-order valence-electron chi connectivity index (χ3n) is 11.1. The van der Waals surface area contributed by atoms with Gasteiger partial charge in [-0.1, -0.05) is 207 Å². The Labute approximate surface area is 346 Å². The topological polar surface area (TPSA) is 24.7 Å². The molecular formula is C51H84N2Ni. The Bertz CT molecular complexity index is 1210. The maximum atomic E-state index is 5.09. The Morgan fingerprint density at radius 2 is 0.722 bits per heavy atom. The Balaban J connectivity index is 0.0000146. The minimum absolute atomic E-state index is 0. The molecule has 54 heavy (non-hydrogen) atoms. The van der Waals surface area contributed by atoms with E-state index in [9.17, 15) is 0 Å². The van der Waals surface area contributed by atoms with E-state index in [1.807, 2.05) is 6.21 Å². The molecule has 0 spiro atoms. The van der Waals surface area contributed by atoms with Gasteiger partial charge in [-0.05, 0) is 91.1 Å². The van der Waals surface area contributed by atoms with Crippen molar-refractivity contribution in [2.45, 2.75) is 227 Å². The molecule has 2 aromatic carbocycles.